The maximum Gasteiger partial charge on any atom is 0.268 e. The summed E-state index contributed by atoms with van der Waals surface area (Å²) in [5.41, 5.74) is 0.878. The number of aromatic nitrogens is 2. The second-order valence-electron chi connectivity index (χ2n) is 5.33. The minimum atomic E-state index is -0.0581. The van der Waals surface area contributed by atoms with Gasteiger partial charge in [-0.2, -0.15) is 5.10 Å². The Morgan fingerprint density at radius 3 is 2.61 bits per heavy atom. The van der Waals surface area contributed by atoms with Gasteiger partial charge in [-0.05, 0) is 20.3 Å². The molecule has 0 saturated carbocycles. The molecule has 5 nitrogen and oxygen atoms in total. The van der Waals surface area contributed by atoms with Gasteiger partial charge in [-0.3, -0.25) is 4.79 Å². The highest BCUT2D eigenvalue weighted by atomic mass is 16.1. The molecule has 0 bridgehead atoms. The zero-order chi connectivity index (χ0) is 13.8. The second kappa shape index (κ2) is 6.00. The van der Waals surface area contributed by atoms with Crippen LogP contribution in [0.25, 0.3) is 0 Å². The van der Waals surface area contributed by atoms with E-state index in [0.717, 1.165) is 18.7 Å². The first-order chi connectivity index (χ1) is 8.35. The Hall–Kier alpha value is -1.36. The van der Waals surface area contributed by atoms with Crippen LogP contribution in [0.2, 0.25) is 0 Å². The van der Waals surface area contributed by atoms with Crippen LogP contribution >= 0.6 is 0 Å². The lowest BCUT2D eigenvalue weighted by Gasteiger charge is -2.24. The number of rotatable bonds is 6. The molecule has 1 aromatic heterocycles. The minimum Gasteiger partial charge on any atom is -0.376 e. The third kappa shape index (κ3) is 4.14. The van der Waals surface area contributed by atoms with Gasteiger partial charge in [0.25, 0.3) is 5.56 Å². The zero-order valence-corrected chi connectivity index (χ0v) is 12.0. The maximum atomic E-state index is 11.8. The van der Waals surface area contributed by atoms with Gasteiger partial charge in [0.05, 0.1) is 18.4 Å². The normalized spacial score (nSPS) is 11.6. The molecule has 1 aromatic rings. The molecule has 0 atom stereocenters. The average Bonchev–Trinajstić information content (AvgIpc) is 2.31. The molecule has 0 spiro atoms. The van der Waals surface area contributed by atoms with Crippen molar-refractivity contribution >= 4 is 5.69 Å². The second-order valence-corrected chi connectivity index (χ2v) is 5.33. The van der Waals surface area contributed by atoms with Crippen molar-refractivity contribution in [2.45, 2.75) is 39.3 Å². The van der Waals surface area contributed by atoms with Crippen LogP contribution in [0.4, 0.5) is 5.69 Å². The highest BCUT2D eigenvalue weighted by molar-refractivity contribution is 5.40. The molecule has 0 aliphatic carbocycles. The van der Waals surface area contributed by atoms with Crippen LogP contribution in [0.3, 0.4) is 0 Å². The molecule has 0 aliphatic rings. The summed E-state index contributed by atoms with van der Waals surface area (Å²) in [6, 6.07) is 1.61. The summed E-state index contributed by atoms with van der Waals surface area (Å²) < 4.78 is 1.49. The summed E-state index contributed by atoms with van der Waals surface area (Å²) in [6.07, 6.45) is 2.77. The Morgan fingerprint density at radius 1 is 1.44 bits per heavy atom. The number of nitrogens with zero attached hydrogens (tertiary/aromatic N) is 3. The molecule has 1 N–H and O–H groups in total. The third-order valence-corrected chi connectivity index (χ3v) is 3.18. The molecule has 102 valence electrons. The van der Waals surface area contributed by atoms with E-state index in [1.54, 1.807) is 12.3 Å². The summed E-state index contributed by atoms with van der Waals surface area (Å²) in [7, 11) is 3.79. The van der Waals surface area contributed by atoms with Gasteiger partial charge in [-0.15, -0.1) is 0 Å². The van der Waals surface area contributed by atoms with Crippen LogP contribution in [-0.2, 0) is 6.54 Å². The highest BCUT2D eigenvalue weighted by Crippen LogP contribution is 2.06. The zero-order valence-electron chi connectivity index (χ0n) is 12.0. The lowest BCUT2D eigenvalue weighted by atomic mass is 10.0. The van der Waals surface area contributed by atoms with E-state index in [9.17, 15) is 4.79 Å². The van der Waals surface area contributed by atoms with E-state index in [-0.39, 0.29) is 11.1 Å². The van der Waals surface area contributed by atoms with Crippen molar-refractivity contribution in [1.82, 2.24) is 15.1 Å². The minimum absolute atomic E-state index is 0.0581. The topological polar surface area (TPSA) is 50.2 Å². The standard InChI is InChI=1S/C13H24N4O/c1-6-13(2,3)14-7-8-17-12(18)9-11(10-15-17)16(4)5/h9-10,14H,6-8H2,1-5H3. The fourth-order valence-electron chi connectivity index (χ4n) is 1.46. The number of anilines is 1. The molecular formula is C13H24N4O. The molecule has 0 saturated heterocycles. The van der Waals surface area contributed by atoms with Crippen LogP contribution in [0, 0.1) is 0 Å². The highest BCUT2D eigenvalue weighted by Gasteiger charge is 2.13. The number of hydrogen-bond donors (Lipinski definition) is 1. The van der Waals surface area contributed by atoms with Gasteiger partial charge in [-0.25, -0.2) is 4.68 Å². The van der Waals surface area contributed by atoms with Gasteiger partial charge in [0.1, 0.15) is 0 Å². The molecule has 0 aliphatic heterocycles. The number of nitrogens with one attached hydrogen (secondary N) is 1. The van der Waals surface area contributed by atoms with E-state index in [1.807, 2.05) is 19.0 Å². The maximum absolute atomic E-state index is 11.8. The summed E-state index contributed by atoms with van der Waals surface area (Å²) in [4.78, 5) is 13.7. The van der Waals surface area contributed by atoms with Gasteiger partial charge >= 0.3 is 0 Å². The van der Waals surface area contributed by atoms with E-state index >= 15 is 0 Å². The first-order valence-electron chi connectivity index (χ1n) is 6.35. The molecule has 0 aromatic carbocycles. The van der Waals surface area contributed by atoms with Crippen molar-refractivity contribution < 1.29 is 0 Å². The van der Waals surface area contributed by atoms with Crippen LogP contribution in [0.5, 0.6) is 0 Å². The lowest BCUT2D eigenvalue weighted by molar-refractivity contribution is 0.360. The van der Waals surface area contributed by atoms with E-state index in [4.69, 9.17) is 0 Å². The smallest absolute Gasteiger partial charge is 0.268 e. The molecular weight excluding hydrogens is 228 g/mol. The Morgan fingerprint density at radius 2 is 2.11 bits per heavy atom. The molecule has 1 rings (SSSR count). The third-order valence-electron chi connectivity index (χ3n) is 3.18. The first-order valence-corrected chi connectivity index (χ1v) is 6.35. The molecule has 0 radical (unpaired) electrons. The molecule has 0 fully saturated rings. The van der Waals surface area contributed by atoms with E-state index in [2.05, 4.69) is 31.2 Å². The molecule has 18 heavy (non-hydrogen) atoms. The average molecular weight is 252 g/mol. The predicted octanol–water partition coefficient (Wildman–Crippen LogP) is 1.09. The largest absolute Gasteiger partial charge is 0.376 e. The SMILES string of the molecule is CCC(C)(C)NCCn1ncc(N(C)C)cc1=O. The predicted molar refractivity (Wildman–Crippen MR) is 75.2 cm³/mol. The van der Waals surface area contributed by atoms with Crippen molar-refractivity contribution in [3.8, 4) is 0 Å². The van der Waals surface area contributed by atoms with Gasteiger partial charge in [0, 0.05) is 32.2 Å². The summed E-state index contributed by atoms with van der Waals surface area (Å²) >= 11 is 0. The molecule has 0 amide bonds. The molecule has 5 heteroatoms. The number of hydrogen-bond acceptors (Lipinski definition) is 4. The van der Waals surface area contributed by atoms with Crippen molar-refractivity contribution in [1.29, 1.82) is 0 Å². The quantitative estimate of drug-likeness (QED) is 0.823. The Bertz CT molecular complexity index is 437. The summed E-state index contributed by atoms with van der Waals surface area (Å²) in [6.45, 7) is 7.78. The monoisotopic (exact) mass is 252 g/mol. The fourth-order valence-corrected chi connectivity index (χ4v) is 1.46. The van der Waals surface area contributed by atoms with Gasteiger partial charge in [-0.1, -0.05) is 6.92 Å². The van der Waals surface area contributed by atoms with Crippen LogP contribution in [0.15, 0.2) is 17.1 Å². The van der Waals surface area contributed by atoms with Crippen molar-refractivity contribution in [3.05, 3.63) is 22.6 Å². The Kier molecular flexibility index (Phi) is 4.90. The Balaban J connectivity index is 2.61. The fraction of sp³-hybridized carbons (Fsp3) is 0.692. The van der Waals surface area contributed by atoms with E-state index in [1.165, 1.54) is 4.68 Å². The van der Waals surface area contributed by atoms with E-state index < -0.39 is 0 Å². The molecule has 0 unspecified atom stereocenters. The van der Waals surface area contributed by atoms with E-state index in [0.29, 0.717) is 6.54 Å². The summed E-state index contributed by atoms with van der Waals surface area (Å²) in [5, 5.41) is 7.58. The molecule has 1 heterocycles. The van der Waals surface area contributed by atoms with Gasteiger partial charge in [0.2, 0.25) is 0 Å². The van der Waals surface area contributed by atoms with Crippen molar-refractivity contribution in [3.63, 3.8) is 0 Å². The van der Waals surface area contributed by atoms with Gasteiger partial charge in [0.15, 0.2) is 0 Å². The first kappa shape index (κ1) is 14.7. The van der Waals surface area contributed by atoms with Crippen LogP contribution in [0.1, 0.15) is 27.2 Å². The van der Waals surface area contributed by atoms with Gasteiger partial charge < -0.3 is 10.2 Å². The van der Waals surface area contributed by atoms with Crippen molar-refractivity contribution in [2.75, 3.05) is 25.5 Å². The van der Waals surface area contributed by atoms with Crippen LogP contribution in [-0.4, -0.2) is 36.0 Å². The Labute approximate surface area is 109 Å². The van der Waals surface area contributed by atoms with Crippen LogP contribution < -0.4 is 15.8 Å². The lowest BCUT2D eigenvalue weighted by Crippen LogP contribution is -2.41. The summed E-state index contributed by atoms with van der Waals surface area (Å²) in [5.74, 6) is 0. The van der Waals surface area contributed by atoms with Crippen molar-refractivity contribution in [2.24, 2.45) is 0 Å².